The van der Waals surface area contributed by atoms with Crippen LogP contribution in [0.15, 0.2) is 59.1 Å². The summed E-state index contributed by atoms with van der Waals surface area (Å²) in [4.78, 5) is 55.9. The van der Waals surface area contributed by atoms with Crippen molar-refractivity contribution in [1.29, 1.82) is 0 Å². The number of alkyl halides is 3. The summed E-state index contributed by atoms with van der Waals surface area (Å²) in [6.45, 7) is 2.88. The molecule has 2 aromatic carbocycles. The van der Waals surface area contributed by atoms with Crippen LogP contribution >= 0.6 is 0 Å². The maximum atomic E-state index is 13.1. The molecule has 2 heterocycles. The fourth-order valence-corrected chi connectivity index (χ4v) is 4.27. The third-order valence-electron chi connectivity index (χ3n) is 6.32. The van der Waals surface area contributed by atoms with Crippen LogP contribution in [0.25, 0.3) is 0 Å². The van der Waals surface area contributed by atoms with Crippen molar-refractivity contribution in [2.45, 2.75) is 44.9 Å². The van der Waals surface area contributed by atoms with Gasteiger partial charge in [0, 0.05) is 6.42 Å². The number of aromatic nitrogens is 2. The van der Waals surface area contributed by atoms with E-state index >= 15 is 0 Å². The third-order valence-corrected chi connectivity index (χ3v) is 6.32. The fourth-order valence-electron chi connectivity index (χ4n) is 4.27. The van der Waals surface area contributed by atoms with Crippen molar-refractivity contribution in [1.82, 2.24) is 25.7 Å². The van der Waals surface area contributed by atoms with Crippen molar-refractivity contribution in [2.75, 3.05) is 6.54 Å². The molecule has 4 rings (SSSR count). The van der Waals surface area contributed by atoms with Gasteiger partial charge in [0.25, 0.3) is 5.91 Å². The van der Waals surface area contributed by atoms with E-state index < -0.39 is 59.9 Å². The Morgan fingerprint density at radius 2 is 1.77 bits per heavy atom. The molecule has 0 spiro atoms. The minimum Gasteiger partial charge on any atom is -0.344 e. The van der Waals surface area contributed by atoms with Crippen LogP contribution in [0.1, 0.15) is 47.0 Å². The maximum absolute atomic E-state index is 13.1. The van der Waals surface area contributed by atoms with Crippen molar-refractivity contribution < 1.29 is 36.9 Å². The van der Waals surface area contributed by atoms with Crippen molar-refractivity contribution in [3.8, 4) is 0 Å². The van der Waals surface area contributed by atoms with Gasteiger partial charge in [-0.3, -0.25) is 19.7 Å². The van der Waals surface area contributed by atoms with Crippen LogP contribution in [0.4, 0.5) is 18.0 Å². The Balaban J connectivity index is 1.42. The number of hydrogen-bond donors (Lipinski definition) is 2. The van der Waals surface area contributed by atoms with Crippen LogP contribution in [0.5, 0.6) is 0 Å². The normalized spacial score (nSPS) is 16.2. The topological polar surface area (TPSA) is 134 Å². The number of imide groups is 1. The van der Waals surface area contributed by atoms with E-state index in [1.54, 1.807) is 38.1 Å². The molecule has 0 radical (unpaired) electrons. The Labute approximate surface area is 226 Å². The van der Waals surface area contributed by atoms with E-state index in [2.05, 4.69) is 20.8 Å². The van der Waals surface area contributed by atoms with Crippen LogP contribution in [-0.2, 0) is 28.6 Å². The zero-order chi connectivity index (χ0) is 29.0. The number of hydrogen-bond acceptors (Lipinski definition) is 7. The second-order valence-electron chi connectivity index (χ2n) is 9.67. The summed E-state index contributed by atoms with van der Waals surface area (Å²) in [6.07, 6.45) is -4.45. The number of ketones is 1. The number of nitrogens with one attached hydrogen (secondary N) is 2. The number of nitrogens with zero attached hydrogens (tertiary/aromatic N) is 3. The molecule has 10 nitrogen and oxygen atoms in total. The van der Waals surface area contributed by atoms with Crippen LogP contribution in [0, 0.1) is 5.92 Å². The number of halogens is 3. The number of urea groups is 1. The molecule has 2 atom stereocenters. The monoisotopic (exact) mass is 557 g/mol. The molecule has 0 saturated carbocycles. The van der Waals surface area contributed by atoms with E-state index in [9.17, 15) is 32.3 Å². The summed E-state index contributed by atoms with van der Waals surface area (Å²) >= 11 is 0. The molecule has 1 unspecified atom stereocenters. The highest BCUT2D eigenvalue weighted by molar-refractivity contribution is 6.06. The maximum Gasteiger partial charge on any atom is 0.416 e. The van der Waals surface area contributed by atoms with E-state index in [0.717, 1.165) is 22.6 Å². The summed E-state index contributed by atoms with van der Waals surface area (Å²) in [5.74, 6) is -2.73. The summed E-state index contributed by atoms with van der Waals surface area (Å²) in [5.41, 5.74) is 0.230. The highest BCUT2D eigenvalue weighted by atomic mass is 19.4. The Morgan fingerprint density at radius 1 is 1.07 bits per heavy atom. The van der Waals surface area contributed by atoms with E-state index in [1.165, 1.54) is 12.1 Å². The van der Waals surface area contributed by atoms with Gasteiger partial charge in [-0.1, -0.05) is 67.5 Å². The average Bonchev–Trinajstić information content (AvgIpc) is 3.46. The minimum atomic E-state index is -4.51. The molecular formula is C27H26F3N5O5. The number of carbonyl (C=O) groups is 4. The van der Waals surface area contributed by atoms with Gasteiger partial charge in [-0.05, 0) is 23.1 Å². The molecule has 0 aliphatic carbocycles. The number of carbonyl (C=O) groups excluding carboxylic acids is 4. The zero-order valence-electron chi connectivity index (χ0n) is 21.6. The largest absolute Gasteiger partial charge is 0.416 e. The van der Waals surface area contributed by atoms with E-state index in [1.807, 2.05) is 6.07 Å². The fraction of sp³-hybridized carbons (Fsp3) is 0.333. The predicted molar refractivity (Wildman–Crippen MR) is 134 cm³/mol. The van der Waals surface area contributed by atoms with Gasteiger partial charge >= 0.3 is 12.2 Å². The zero-order valence-corrected chi connectivity index (χ0v) is 21.6. The van der Waals surface area contributed by atoms with Gasteiger partial charge in [0.05, 0.1) is 18.0 Å². The van der Waals surface area contributed by atoms with Crippen LogP contribution < -0.4 is 10.6 Å². The molecule has 1 aliphatic heterocycles. The van der Waals surface area contributed by atoms with Crippen molar-refractivity contribution >= 4 is 23.6 Å². The van der Waals surface area contributed by atoms with Gasteiger partial charge in [-0.2, -0.15) is 18.2 Å². The summed E-state index contributed by atoms with van der Waals surface area (Å²) in [5, 5.41) is 8.43. The van der Waals surface area contributed by atoms with Gasteiger partial charge < -0.3 is 14.7 Å². The van der Waals surface area contributed by atoms with Gasteiger partial charge in [0.15, 0.2) is 0 Å². The van der Waals surface area contributed by atoms with E-state index in [-0.39, 0.29) is 30.1 Å². The van der Waals surface area contributed by atoms with E-state index in [0.29, 0.717) is 0 Å². The molecule has 2 N–H and O–H groups in total. The number of amides is 4. The molecule has 1 aromatic heterocycles. The quantitative estimate of drug-likeness (QED) is 0.289. The second kappa shape index (κ2) is 11.7. The summed E-state index contributed by atoms with van der Waals surface area (Å²) in [7, 11) is 0. The minimum absolute atomic E-state index is 0.0764. The Kier molecular flexibility index (Phi) is 8.31. The molecule has 40 heavy (non-hydrogen) atoms. The van der Waals surface area contributed by atoms with Crippen molar-refractivity contribution in [2.24, 2.45) is 5.92 Å². The Hall–Kier alpha value is -4.55. The highest BCUT2D eigenvalue weighted by Crippen LogP contribution is 2.30. The lowest BCUT2D eigenvalue weighted by Crippen LogP contribution is -2.50. The Bertz CT molecular complexity index is 1410. The average molecular weight is 558 g/mol. The van der Waals surface area contributed by atoms with E-state index in [4.69, 9.17) is 4.52 Å². The number of Topliss-reactive ketones (excluding diaryl/α,β-unsaturated/α-hetero) is 1. The number of benzene rings is 2. The first-order valence-electron chi connectivity index (χ1n) is 12.4. The van der Waals surface area contributed by atoms with Gasteiger partial charge in [0.1, 0.15) is 12.6 Å². The highest BCUT2D eigenvalue weighted by Gasteiger charge is 2.40. The lowest BCUT2D eigenvalue weighted by molar-refractivity contribution is -0.137. The van der Waals surface area contributed by atoms with Crippen LogP contribution in [0.3, 0.4) is 0 Å². The molecule has 0 bridgehead atoms. The molecule has 3 aromatic rings. The Morgan fingerprint density at radius 3 is 2.45 bits per heavy atom. The first-order chi connectivity index (χ1) is 18.9. The van der Waals surface area contributed by atoms with Crippen LogP contribution in [-0.4, -0.2) is 57.3 Å². The molecular weight excluding hydrogens is 531 g/mol. The first kappa shape index (κ1) is 28.5. The van der Waals surface area contributed by atoms with Gasteiger partial charge in [-0.25, -0.2) is 4.79 Å². The second-order valence-corrected chi connectivity index (χ2v) is 9.67. The first-order valence-corrected chi connectivity index (χ1v) is 12.4. The molecule has 13 heteroatoms. The van der Waals surface area contributed by atoms with Crippen molar-refractivity contribution in [3.05, 3.63) is 83.0 Å². The standard InChI is InChI=1S/C27H26F3N5O5/c1-15(2)22(23(37)24-32-21(40-34-24)13-17-9-6-10-18(11-17)27(28,29)30)31-20(36)14-35-19(25(38)33-26(35)39)12-16-7-4-3-5-8-16/h3-11,15,19,22H,12-14H2,1-2H3,(H,31,36)(H,33,38,39)/t19?,22-/m0/s1. The lowest BCUT2D eigenvalue weighted by Gasteiger charge is -2.24. The van der Waals surface area contributed by atoms with Gasteiger partial charge in [0.2, 0.25) is 23.4 Å². The predicted octanol–water partition coefficient (Wildman–Crippen LogP) is 3.17. The molecule has 4 amide bonds. The summed E-state index contributed by atoms with van der Waals surface area (Å²) < 4.78 is 44.1. The van der Waals surface area contributed by atoms with Gasteiger partial charge in [-0.15, -0.1) is 0 Å². The molecule has 1 fully saturated rings. The summed E-state index contributed by atoms with van der Waals surface area (Å²) in [6, 6.07) is 10.9. The third kappa shape index (κ3) is 6.71. The molecule has 1 saturated heterocycles. The lowest BCUT2D eigenvalue weighted by atomic mass is 9.99. The number of rotatable bonds is 10. The molecule has 210 valence electrons. The van der Waals surface area contributed by atoms with Crippen LogP contribution in [0.2, 0.25) is 0 Å². The molecule has 1 aliphatic rings. The SMILES string of the molecule is CC(C)[C@H](NC(=O)CN1C(=O)NC(=O)C1Cc1ccccc1)C(=O)c1noc(Cc2cccc(C(F)(F)F)c2)n1. The smallest absolute Gasteiger partial charge is 0.344 e. The van der Waals surface area contributed by atoms with Crippen molar-refractivity contribution in [3.63, 3.8) is 0 Å².